The Balaban J connectivity index is 1.89. The van der Waals surface area contributed by atoms with E-state index in [4.69, 9.17) is 11.6 Å². The Morgan fingerprint density at radius 1 is 1.03 bits per heavy atom. The normalized spacial score (nSPS) is 14.7. The van der Waals surface area contributed by atoms with Crippen LogP contribution in [-0.4, -0.2) is 34.7 Å². The highest BCUT2D eigenvalue weighted by Crippen LogP contribution is 2.17. The molecule has 3 rings (SSSR count). The van der Waals surface area contributed by atoms with Gasteiger partial charge in [0.25, 0.3) is 17.5 Å². The zero-order chi connectivity index (χ0) is 21.5. The second kappa shape index (κ2) is 10.0. The number of hydrogen-bond donors (Lipinski definition) is 1. The van der Waals surface area contributed by atoms with E-state index >= 15 is 0 Å². The van der Waals surface area contributed by atoms with E-state index in [2.05, 4.69) is 5.32 Å². The molecular formula is C22H22ClN3O4. The summed E-state index contributed by atoms with van der Waals surface area (Å²) in [6, 6.07) is 12.3. The molecule has 2 aromatic rings. The molecule has 7 nitrogen and oxygen atoms in total. The highest BCUT2D eigenvalue weighted by atomic mass is 35.5. The third kappa shape index (κ3) is 5.67. The maximum absolute atomic E-state index is 13.2. The molecule has 0 bridgehead atoms. The van der Waals surface area contributed by atoms with Crippen LogP contribution in [0, 0.1) is 10.1 Å². The minimum Gasteiger partial charge on any atom is -0.337 e. The topological polar surface area (TPSA) is 92.6 Å². The van der Waals surface area contributed by atoms with Crippen molar-refractivity contribution in [1.82, 2.24) is 10.2 Å². The Morgan fingerprint density at radius 3 is 2.33 bits per heavy atom. The molecule has 0 aliphatic carbocycles. The molecule has 156 valence electrons. The average molecular weight is 428 g/mol. The number of nitro benzene ring substituents is 1. The monoisotopic (exact) mass is 427 g/mol. The van der Waals surface area contributed by atoms with Gasteiger partial charge in [-0.1, -0.05) is 42.6 Å². The number of nitro groups is 1. The van der Waals surface area contributed by atoms with Gasteiger partial charge in [0.05, 0.1) is 4.92 Å². The minimum absolute atomic E-state index is 0.106. The fourth-order valence-electron chi connectivity index (χ4n) is 3.28. The second-order valence-electron chi connectivity index (χ2n) is 7.08. The van der Waals surface area contributed by atoms with Crippen molar-refractivity contribution in [3.8, 4) is 0 Å². The van der Waals surface area contributed by atoms with E-state index in [9.17, 15) is 19.7 Å². The highest BCUT2D eigenvalue weighted by Gasteiger charge is 2.22. The summed E-state index contributed by atoms with van der Waals surface area (Å²) in [6.45, 7) is 1.26. The SMILES string of the molecule is O=C(N/C(=C\c1ccc(Cl)cc1)C(=O)N1CCCCCC1)c1cccc([N+](=O)[O-])c1. The summed E-state index contributed by atoms with van der Waals surface area (Å²) in [5.74, 6) is -0.854. The van der Waals surface area contributed by atoms with Gasteiger partial charge in [0, 0.05) is 35.8 Å². The van der Waals surface area contributed by atoms with Crippen molar-refractivity contribution in [1.29, 1.82) is 0 Å². The molecule has 1 aliphatic rings. The highest BCUT2D eigenvalue weighted by molar-refractivity contribution is 6.30. The van der Waals surface area contributed by atoms with Crippen LogP contribution in [0.25, 0.3) is 6.08 Å². The zero-order valence-corrected chi connectivity index (χ0v) is 17.1. The van der Waals surface area contributed by atoms with E-state index in [0.29, 0.717) is 23.7 Å². The van der Waals surface area contributed by atoms with E-state index in [-0.39, 0.29) is 22.9 Å². The first-order chi connectivity index (χ1) is 14.4. The second-order valence-corrected chi connectivity index (χ2v) is 7.51. The van der Waals surface area contributed by atoms with Crippen LogP contribution in [0.2, 0.25) is 5.02 Å². The van der Waals surface area contributed by atoms with Crippen molar-refractivity contribution in [3.05, 3.63) is 80.5 Å². The Labute approximate surface area is 179 Å². The summed E-state index contributed by atoms with van der Waals surface area (Å²) in [5.41, 5.74) is 0.743. The van der Waals surface area contributed by atoms with Gasteiger partial charge in [0.2, 0.25) is 0 Å². The van der Waals surface area contributed by atoms with Gasteiger partial charge in [-0.05, 0) is 42.7 Å². The number of carbonyl (C=O) groups is 2. The first-order valence-corrected chi connectivity index (χ1v) is 10.1. The van der Waals surface area contributed by atoms with Crippen molar-refractivity contribution in [2.45, 2.75) is 25.7 Å². The van der Waals surface area contributed by atoms with Gasteiger partial charge < -0.3 is 10.2 Å². The van der Waals surface area contributed by atoms with E-state index in [1.807, 2.05) is 0 Å². The predicted octanol–water partition coefficient (Wildman–Crippen LogP) is 4.42. The first kappa shape index (κ1) is 21.5. The molecule has 8 heteroatoms. The number of rotatable bonds is 5. The lowest BCUT2D eigenvalue weighted by atomic mass is 10.1. The number of nitrogens with zero attached hydrogens (tertiary/aromatic N) is 2. The number of hydrogen-bond acceptors (Lipinski definition) is 4. The Kier molecular flexibility index (Phi) is 7.19. The summed E-state index contributed by atoms with van der Waals surface area (Å²) in [6.07, 6.45) is 5.57. The zero-order valence-electron chi connectivity index (χ0n) is 16.3. The minimum atomic E-state index is -0.581. The fraction of sp³-hybridized carbons (Fsp3) is 0.273. The number of halogens is 1. The van der Waals surface area contributed by atoms with E-state index in [0.717, 1.165) is 25.7 Å². The van der Waals surface area contributed by atoms with Crippen molar-refractivity contribution in [2.24, 2.45) is 0 Å². The van der Waals surface area contributed by atoms with Crippen molar-refractivity contribution in [2.75, 3.05) is 13.1 Å². The van der Waals surface area contributed by atoms with Gasteiger partial charge in [0.15, 0.2) is 0 Å². The summed E-state index contributed by atoms with van der Waals surface area (Å²) in [5, 5.41) is 14.2. The lowest BCUT2D eigenvalue weighted by Gasteiger charge is -2.22. The predicted molar refractivity (Wildman–Crippen MR) is 115 cm³/mol. The molecule has 0 atom stereocenters. The summed E-state index contributed by atoms with van der Waals surface area (Å²) in [4.78, 5) is 38.1. The third-order valence-electron chi connectivity index (χ3n) is 4.87. The van der Waals surface area contributed by atoms with Gasteiger partial charge in [-0.2, -0.15) is 0 Å². The van der Waals surface area contributed by atoms with E-state index in [1.165, 1.54) is 24.3 Å². The van der Waals surface area contributed by atoms with E-state index < -0.39 is 10.8 Å². The number of non-ortho nitro benzene ring substituents is 1. The molecule has 1 fully saturated rings. The molecule has 30 heavy (non-hydrogen) atoms. The van der Waals surface area contributed by atoms with Gasteiger partial charge in [-0.3, -0.25) is 19.7 Å². The van der Waals surface area contributed by atoms with Crippen molar-refractivity contribution < 1.29 is 14.5 Å². The molecule has 0 aromatic heterocycles. The van der Waals surface area contributed by atoms with Crippen LogP contribution < -0.4 is 5.32 Å². The van der Waals surface area contributed by atoms with Crippen LogP contribution in [0.3, 0.4) is 0 Å². The Hall–Kier alpha value is -3.19. The average Bonchev–Trinajstić information content (AvgIpc) is 3.04. The molecular weight excluding hydrogens is 406 g/mol. The molecule has 2 amide bonds. The molecule has 1 aliphatic heterocycles. The fourth-order valence-corrected chi connectivity index (χ4v) is 3.40. The van der Waals surface area contributed by atoms with Crippen LogP contribution >= 0.6 is 11.6 Å². The lowest BCUT2D eigenvalue weighted by molar-refractivity contribution is -0.384. The van der Waals surface area contributed by atoms with Crippen LogP contribution in [0.15, 0.2) is 54.2 Å². The maximum Gasteiger partial charge on any atom is 0.270 e. The quantitative estimate of drug-likeness (QED) is 0.434. The standard InChI is InChI=1S/C22H22ClN3O4/c23-18-10-8-16(9-11-18)14-20(22(28)25-12-3-1-2-4-13-25)24-21(27)17-6-5-7-19(15-17)26(29)30/h5-11,14-15H,1-4,12-13H2,(H,24,27)/b20-14-. The van der Waals surface area contributed by atoms with Crippen LogP contribution in [0.1, 0.15) is 41.6 Å². The van der Waals surface area contributed by atoms with Crippen molar-refractivity contribution in [3.63, 3.8) is 0 Å². The summed E-state index contributed by atoms with van der Waals surface area (Å²) < 4.78 is 0. The van der Waals surface area contributed by atoms with Gasteiger partial charge in [-0.25, -0.2) is 0 Å². The molecule has 1 heterocycles. The van der Waals surface area contributed by atoms with Gasteiger partial charge in [0.1, 0.15) is 5.70 Å². The first-order valence-electron chi connectivity index (χ1n) is 9.76. The Morgan fingerprint density at radius 2 is 1.70 bits per heavy atom. The van der Waals surface area contributed by atoms with Crippen molar-refractivity contribution >= 4 is 35.2 Å². The molecule has 2 aromatic carbocycles. The van der Waals surface area contributed by atoms with Crippen LogP contribution in [0.5, 0.6) is 0 Å². The largest absolute Gasteiger partial charge is 0.337 e. The number of carbonyl (C=O) groups excluding carboxylic acids is 2. The van der Waals surface area contributed by atoms with Crippen LogP contribution in [-0.2, 0) is 4.79 Å². The molecule has 0 saturated carbocycles. The summed E-state index contributed by atoms with van der Waals surface area (Å²) in [7, 11) is 0. The number of amides is 2. The summed E-state index contributed by atoms with van der Waals surface area (Å²) >= 11 is 5.93. The maximum atomic E-state index is 13.2. The molecule has 0 spiro atoms. The van der Waals surface area contributed by atoms with Gasteiger partial charge >= 0.3 is 0 Å². The molecule has 0 radical (unpaired) electrons. The van der Waals surface area contributed by atoms with Gasteiger partial charge in [-0.15, -0.1) is 0 Å². The van der Waals surface area contributed by atoms with E-state index in [1.54, 1.807) is 35.2 Å². The molecule has 1 N–H and O–H groups in total. The molecule has 0 unspecified atom stereocenters. The number of likely N-dealkylation sites (tertiary alicyclic amines) is 1. The number of benzene rings is 2. The third-order valence-corrected chi connectivity index (χ3v) is 5.12. The molecule has 1 saturated heterocycles. The lowest BCUT2D eigenvalue weighted by Crippen LogP contribution is -2.39. The number of nitrogens with one attached hydrogen (secondary N) is 1. The Bertz CT molecular complexity index is 965. The van der Waals surface area contributed by atoms with Crippen LogP contribution in [0.4, 0.5) is 5.69 Å². The smallest absolute Gasteiger partial charge is 0.270 e.